The van der Waals surface area contributed by atoms with Crippen LogP contribution >= 0.6 is 27.5 Å². The Kier molecular flexibility index (Phi) is 4.65. The number of hydrogen-bond acceptors (Lipinski definition) is 2. The summed E-state index contributed by atoms with van der Waals surface area (Å²) in [5.41, 5.74) is 1.71. The van der Waals surface area contributed by atoms with Gasteiger partial charge >= 0.3 is 5.97 Å². The van der Waals surface area contributed by atoms with Crippen molar-refractivity contribution in [2.24, 2.45) is 0 Å². The van der Waals surface area contributed by atoms with E-state index in [1.54, 1.807) is 31.2 Å². The van der Waals surface area contributed by atoms with Crippen LogP contribution in [-0.4, -0.2) is 17.0 Å². The molecule has 0 atom stereocenters. The van der Waals surface area contributed by atoms with Gasteiger partial charge in [0, 0.05) is 20.7 Å². The first-order valence-electron chi connectivity index (χ1n) is 5.98. The second kappa shape index (κ2) is 6.28. The molecule has 2 aromatic rings. The number of carboxylic acids is 1. The molecule has 4 nitrogen and oxygen atoms in total. The monoisotopic (exact) mass is 367 g/mol. The molecule has 0 spiro atoms. The lowest BCUT2D eigenvalue weighted by Gasteiger charge is -2.09. The molecule has 108 valence electrons. The Bertz CT molecular complexity index is 731. The summed E-state index contributed by atoms with van der Waals surface area (Å²) < 4.78 is 0.570. The SMILES string of the molecule is Cc1ccc(Cl)cc1C(=O)Nc1cc(Br)cc(C(=O)O)c1. The van der Waals surface area contributed by atoms with Gasteiger partial charge < -0.3 is 10.4 Å². The molecule has 0 saturated carbocycles. The van der Waals surface area contributed by atoms with Crippen LogP contribution in [0.1, 0.15) is 26.3 Å². The summed E-state index contributed by atoms with van der Waals surface area (Å²) >= 11 is 9.11. The minimum atomic E-state index is -1.06. The Morgan fingerprint density at radius 3 is 2.57 bits per heavy atom. The standard InChI is InChI=1S/C15H11BrClNO3/c1-8-2-3-11(17)7-13(8)14(19)18-12-5-9(15(20)21)4-10(16)6-12/h2-7H,1H3,(H,18,19)(H,20,21). The Labute approximate surface area is 134 Å². The third-order valence-corrected chi connectivity index (χ3v) is 3.54. The first-order valence-corrected chi connectivity index (χ1v) is 7.15. The van der Waals surface area contributed by atoms with Crippen molar-refractivity contribution in [3.63, 3.8) is 0 Å². The maximum absolute atomic E-state index is 12.2. The lowest BCUT2D eigenvalue weighted by atomic mass is 10.1. The second-order valence-corrected chi connectivity index (χ2v) is 5.80. The molecule has 0 radical (unpaired) electrons. The molecule has 2 aromatic carbocycles. The Morgan fingerprint density at radius 2 is 1.90 bits per heavy atom. The number of benzene rings is 2. The van der Waals surface area contributed by atoms with Gasteiger partial charge in [-0.1, -0.05) is 33.6 Å². The van der Waals surface area contributed by atoms with Crippen LogP contribution in [0, 0.1) is 6.92 Å². The first kappa shape index (κ1) is 15.5. The fraction of sp³-hybridized carbons (Fsp3) is 0.0667. The summed E-state index contributed by atoms with van der Waals surface area (Å²) in [6, 6.07) is 9.51. The number of anilines is 1. The molecule has 0 bridgehead atoms. The average molecular weight is 369 g/mol. The van der Waals surface area contributed by atoms with E-state index in [0.29, 0.717) is 20.7 Å². The van der Waals surface area contributed by atoms with Gasteiger partial charge in [0.25, 0.3) is 5.91 Å². The predicted molar refractivity (Wildman–Crippen MR) is 85.2 cm³/mol. The highest BCUT2D eigenvalue weighted by molar-refractivity contribution is 9.10. The summed E-state index contributed by atoms with van der Waals surface area (Å²) in [6.45, 7) is 1.80. The summed E-state index contributed by atoms with van der Waals surface area (Å²) in [4.78, 5) is 23.3. The largest absolute Gasteiger partial charge is 0.478 e. The van der Waals surface area contributed by atoms with Crippen molar-refractivity contribution in [1.82, 2.24) is 0 Å². The molecular formula is C15H11BrClNO3. The highest BCUT2D eigenvalue weighted by Crippen LogP contribution is 2.22. The number of amides is 1. The molecule has 0 saturated heterocycles. The molecule has 0 fully saturated rings. The van der Waals surface area contributed by atoms with E-state index in [0.717, 1.165) is 5.56 Å². The maximum Gasteiger partial charge on any atom is 0.335 e. The number of rotatable bonds is 3. The number of aryl methyl sites for hydroxylation is 1. The Morgan fingerprint density at radius 1 is 1.19 bits per heavy atom. The quantitative estimate of drug-likeness (QED) is 0.846. The number of halogens is 2. The van der Waals surface area contributed by atoms with Crippen LogP contribution < -0.4 is 5.32 Å². The van der Waals surface area contributed by atoms with Gasteiger partial charge in [0.1, 0.15) is 0 Å². The molecule has 0 aromatic heterocycles. The fourth-order valence-corrected chi connectivity index (χ4v) is 2.49. The zero-order chi connectivity index (χ0) is 15.6. The summed E-state index contributed by atoms with van der Waals surface area (Å²) in [5.74, 6) is -1.41. The van der Waals surface area contributed by atoms with Crippen molar-refractivity contribution in [2.75, 3.05) is 5.32 Å². The van der Waals surface area contributed by atoms with Crippen molar-refractivity contribution in [1.29, 1.82) is 0 Å². The average Bonchev–Trinajstić information content (AvgIpc) is 2.40. The number of carbonyl (C=O) groups is 2. The van der Waals surface area contributed by atoms with E-state index in [-0.39, 0.29) is 11.5 Å². The van der Waals surface area contributed by atoms with Crippen LogP contribution in [0.2, 0.25) is 5.02 Å². The topological polar surface area (TPSA) is 66.4 Å². The number of carbonyl (C=O) groups excluding carboxylic acids is 1. The van der Waals surface area contributed by atoms with Crippen molar-refractivity contribution in [2.45, 2.75) is 6.92 Å². The van der Waals surface area contributed by atoms with Gasteiger partial charge in [0.15, 0.2) is 0 Å². The molecule has 2 N–H and O–H groups in total. The molecule has 0 aliphatic rings. The van der Waals surface area contributed by atoms with E-state index >= 15 is 0 Å². The molecule has 0 unspecified atom stereocenters. The van der Waals surface area contributed by atoms with E-state index in [4.69, 9.17) is 16.7 Å². The number of nitrogens with one attached hydrogen (secondary N) is 1. The molecule has 2 rings (SSSR count). The minimum Gasteiger partial charge on any atom is -0.478 e. The first-order chi connectivity index (χ1) is 9.86. The van der Waals surface area contributed by atoms with Crippen LogP contribution in [0.15, 0.2) is 40.9 Å². The van der Waals surface area contributed by atoms with Crippen LogP contribution in [0.4, 0.5) is 5.69 Å². The molecule has 6 heteroatoms. The van der Waals surface area contributed by atoms with E-state index in [1.165, 1.54) is 12.1 Å². The predicted octanol–water partition coefficient (Wildman–Crippen LogP) is 4.36. The van der Waals surface area contributed by atoms with Crippen molar-refractivity contribution in [3.05, 3.63) is 62.6 Å². The van der Waals surface area contributed by atoms with Gasteiger partial charge in [-0.3, -0.25) is 4.79 Å². The normalized spacial score (nSPS) is 10.2. The van der Waals surface area contributed by atoms with E-state index < -0.39 is 5.97 Å². The summed E-state index contributed by atoms with van der Waals surface area (Å²) in [7, 11) is 0. The zero-order valence-electron chi connectivity index (χ0n) is 11.0. The molecule has 21 heavy (non-hydrogen) atoms. The van der Waals surface area contributed by atoms with Gasteiger partial charge in [-0.15, -0.1) is 0 Å². The molecular weight excluding hydrogens is 358 g/mol. The molecule has 0 aliphatic heterocycles. The number of carboxylic acid groups (broad SMARTS) is 1. The Balaban J connectivity index is 2.31. The highest BCUT2D eigenvalue weighted by atomic mass is 79.9. The number of hydrogen-bond donors (Lipinski definition) is 2. The molecule has 0 aliphatic carbocycles. The van der Waals surface area contributed by atoms with Gasteiger partial charge in [-0.05, 0) is 42.8 Å². The number of aromatic carboxylic acids is 1. The van der Waals surface area contributed by atoms with Crippen LogP contribution in [0.25, 0.3) is 0 Å². The van der Waals surface area contributed by atoms with E-state index in [2.05, 4.69) is 21.2 Å². The third-order valence-electron chi connectivity index (χ3n) is 2.85. The van der Waals surface area contributed by atoms with Crippen molar-refractivity contribution < 1.29 is 14.7 Å². The molecule has 0 heterocycles. The van der Waals surface area contributed by atoms with Crippen molar-refractivity contribution in [3.8, 4) is 0 Å². The lowest BCUT2D eigenvalue weighted by molar-refractivity contribution is 0.0696. The molecule has 1 amide bonds. The van der Waals surface area contributed by atoms with Crippen molar-refractivity contribution >= 4 is 45.1 Å². The second-order valence-electron chi connectivity index (χ2n) is 4.45. The third kappa shape index (κ3) is 3.83. The fourth-order valence-electron chi connectivity index (χ4n) is 1.82. The maximum atomic E-state index is 12.2. The van der Waals surface area contributed by atoms with E-state index in [9.17, 15) is 9.59 Å². The van der Waals surface area contributed by atoms with Gasteiger partial charge in [-0.2, -0.15) is 0 Å². The lowest BCUT2D eigenvalue weighted by Crippen LogP contribution is -2.14. The smallest absolute Gasteiger partial charge is 0.335 e. The van der Waals surface area contributed by atoms with Gasteiger partial charge in [0.05, 0.1) is 5.56 Å². The summed E-state index contributed by atoms with van der Waals surface area (Å²) in [6.07, 6.45) is 0. The highest BCUT2D eigenvalue weighted by Gasteiger charge is 2.12. The van der Waals surface area contributed by atoms with Crippen LogP contribution in [0.5, 0.6) is 0 Å². The minimum absolute atomic E-state index is 0.0856. The summed E-state index contributed by atoms with van der Waals surface area (Å²) in [5, 5.41) is 12.1. The van der Waals surface area contributed by atoms with Gasteiger partial charge in [-0.25, -0.2) is 4.79 Å². The van der Waals surface area contributed by atoms with Gasteiger partial charge in [0.2, 0.25) is 0 Å². The zero-order valence-corrected chi connectivity index (χ0v) is 13.3. The van der Waals surface area contributed by atoms with E-state index in [1.807, 2.05) is 0 Å². The Hall–Kier alpha value is -1.85. The van der Waals surface area contributed by atoms with Crippen LogP contribution in [0.3, 0.4) is 0 Å². The van der Waals surface area contributed by atoms with Crippen LogP contribution in [-0.2, 0) is 0 Å².